The van der Waals surface area contributed by atoms with E-state index in [4.69, 9.17) is 9.47 Å². The van der Waals surface area contributed by atoms with Gasteiger partial charge in [0.1, 0.15) is 11.5 Å². The summed E-state index contributed by atoms with van der Waals surface area (Å²) in [4.78, 5) is 14.6. The third-order valence-corrected chi connectivity index (χ3v) is 4.51. The van der Waals surface area contributed by atoms with Crippen LogP contribution in [0.5, 0.6) is 11.5 Å². The Balaban J connectivity index is 0.00000288. The molecule has 1 aromatic carbocycles. The Bertz CT molecular complexity index is 495. The summed E-state index contributed by atoms with van der Waals surface area (Å²) in [5, 5.41) is 3.40. The molecule has 0 aliphatic carbocycles. The average Bonchev–Trinajstić information content (AvgIpc) is 2.60. The highest BCUT2D eigenvalue weighted by molar-refractivity contribution is 5.85. The highest BCUT2D eigenvalue weighted by atomic mass is 35.5. The second-order valence-electron chi connectivity index (χ2n) is 5.95. The maximum Gasteiger partial charge on any atom is 0.227 e. The van der Waals surface area contributed by atoms with Crippen molar-refractivity contribution in [2.45, 2.75) is 26.2 Å². The van der Waals surface area contributed by atoms with Crippen molar-refractivity contribution in [1.82, 2.24) is 10.2 Å². The van der Waals surface area contributed by atoms with Crippen LogP contribution in [0.2, 0.25) is 0 Å². The molecular weight excluding hydrogens is 328 g/mol. The van der Waals surface area contributed by atoms with Crippen LogP contribution in [0.15, 0.2) is 18.2 Å². The highest BCUT2D eigenvalue weighted by Gasteiger charge is 2.24. The minimum Gasteiger partial charge on any atom is -0.496 e. The van der Waals surface area contributed by atoms with Gasteiger partial charge < -0.3 is 19.7 Å². The molecule has 0 aromatic heterocycles. The van der Waals surface area contributed by atoms with Gasteiger partial charge in [0.2, 0.25) is 5.91 Å². The molecule has 24 heavy (non-hydrogen) atoms. The molecule has 1 aromatic rings. The summed E-state index contributed by atoms with van der Waals surface area (Å²) in [6.07, 6.45) is 2.47. The Labute approximate surface area is 151 Å². The molecule has 1 fully saturated rings. The van der Waals surface area contributed by atoms with Crippen LogP contribution in [0.3, 0.4) is 0 Å². The second-order valence-corrected chi connectivity index (χ2v) is 5.95. The van der Waals surface area contributed by atoms with Crippen LogP contribution >= 0.6 is 12.4 Å². The number of benzene rings is 1. The topological polar surface area (TPSA) is 50.8 Å². The molecule has 136 valence electrons. The molecule has 2 rings (SSSR count). The van der Waals surface area contributed by atoms with E-state index in [1.54, 1.807) is 14.2 Å². The van der Waals surface area contributed by atoms with Crippen LogP contribution in [-0.2, 0) is 11.2 Å². The van der Waals surface area contributed by atoms with Crippen molar-refractivity contribution in [3.05, 3.63) is 23.8 Å². The molecule has 1 heterocycles. The van der Waals surface area contributed by atoms with E-state index < -0.39 is 0 Å². The van der Waals surface area contributed by atoms with Gasteiger partial charge in [0, 0.05) is 18.7 Å². The number of nitrogens with one attached hydrogen (secondary N) is 1. The van der Waals surface area contributed by atoms with Crippen molar-refractivity contribution in [3.63, 3.8) is 0 Å². The van der Waals surface area contributed by atoms with E-state index in [-0.39, 0.29) is 18.3 Å². The monoisotopic (exact) mass is 356 g/mol. The number of carbonyl (C=O) groups excluding carboxylic acids is 1. The molecular formula is C18H29ClN2O3. The van der Waals surface area contributed by atoms with Crippen molar-refractivity contribution in [2.75, 3.05) is 40.4 Å². The first kappa shape index (κ1) is 20.6. The van der Waals surface area contributed by atoms with Gasteiger partial charge in [-0.2, -0.15) is 0 Å². The van der Waals surface area contributed by atoms with Crippen LogP contribution in [0.1, 0.15) is 25.3 Å². The Hall–Kier alpha value is -1.46. The van der Waals surface area contributed by atoms with E-state index in [1.165, 1.54) is 0 Å². The molecule has 5 nitrogen and oxygen atoms in total. The van der Waals surface area contributed by atoms with Gasteiger partial charge in [-0.1, -0.05) is 13.0 Å². The lowest BCUT2D eigenvalue weighted by Crippen LogP contribution is -2.41. The third-order valence-electron chi connectivity index (χ3n) is 4.51. The van der Waals surface area contributed by atoms with Gasteiger partial charge in [0.05, 0.1) is 20.6 Å². The summed E-state index contributed by atoms with van der Waals surface area (Å²) in [6, 6.07) is 5.61. The highest BCUT2D eigenvalue weighted by Crippen LogP contribution is 2.29. The quantitative estimate of drug-likeness (QED) is 0.815. The van der Waals surface area contributed by atoms with Gasteiger partial charge in [-0.3, -0.25) is 4.79 Å². The van der Waals surface area contributed by atoms with Gasteiger partial charge in [-0.25, -0.2) is 0 Å². The first-order valence-electron chi connectivity index (χ1n) is 8.38. The maximum absolute atomic E-state index is 12.6. The molecule has 1 aliphatic heterocycles. The minimum absolute atomic E-state index is 0. The van der Waals surface area contributed by atoms with Crippen LogP contribution in [0.25, 0.3) is 0 Å². The molecule has 1 amide bonds. The molecule has 0 radical (unpaired) electrons. The number of hydrogen-bond acceptors (Lipinski definition) is 4. The van der Waals surface area contributed by atoms with E-state index in [0.29, 0.717) is 23.8 Å². The van der Waals surface area contributed by atoms with Crippen LogP contribution in [-0.4, -0.2) is 51.2 Å². The van der Waals surface area contributed by atoms with E-state index in [2.05, 4.69) is 12.2 Å². The maximum atomic E-state index is 12.6. The van der Waals surface area contributed by atoms with E-state index in [0.717, 1.165) is 44.6 Å². The van der Waals surface area contributed by atoms with Gasteiger partial charge in [0.25, 0.3) is 0 Å². The van der Waals surface area contributed by atoms with E-state index in [9.17, 15) is 4.79 Å². The number of likely N-dealkylation sites (tertiary alicyclic amines) is 1. The van der Waals surface area contributed by atoms with Crippen molar-refractivity contribution in [3.8, 4) is 11.5 Å². The zero-order chi connectivity index (χ0) is 16.7. The number of halogens is 1. The Kier molecular flexibility index (Phi) is 8.93. The summed E-state index contributed by atoms with van der Waals surface area (Å²) in [7, 11) is 3.24. The third kappa shape index (κ3) is 5.28. The molecule has 6 heteroatoms. The normalized spacial score (nSPS) is 14.9. The molecule has 1 aliphatic rings. The lowest BCUT2D eigenvalue weighted by atomic mass is 9.96. The molecule has 1 saturated heterocycles. The SMILES string of the molecule is CCNCC1CCN(C(=O)Cc2c(OC)cccc2OC)CC1.Cl. The first-order valence-corrected chi connectivity index (χ1v) is 8.38. The largest absolute Gasteiger partial charge is 0.496 e. The summed E-state index contributed by atoms with van der Waals surface area (Å²) in [5.74, 6) is 2.24. The van der Waals surface area contributed by atoms with Gasteiger partial charge >= 0.3 is 0 Å². The van der Waals surface area contributed by atoms with Crippen molar-refractivity contribution in [1.29, 1.82) is 0 Å². The fraction of sp³-hybridized carbons (Fsp3) is 0.611. The fourth-order valence-corrected chi connectivity index (χ4v) is 3.10. The van der Waals surface area contributed by atoms with Crippen LogP contribution < -0.4 is 14.8 Å². The molecule has 0 bridgehead atoms. The smallest absolute Gasteiger partial charge is 0.227 e. The number of amides is 1. The summed E-state index contributed by atoms with van der Waals surface area (Å²) in [6.45, 7) is 5.86. The molecule has 0 spiro atoms. The Morgan fingerprint density at radius 2 is 1.79 bits per heavy atom. The Morgan fingerprint density at radius 1 is 1.21 bits per heavy atom. The lowest BCUT2D eigenvalue weighted by molar-refractivity contribution is -0.131. The van der Waals surface area contributed by atoms with Crippen molar-refractivity contribution >= 4 is 18.3 Å². The average molecular weight is 357 g/mol. The molecule has 0 saturated carbocycles. The number of methoxy groups -OCH3 is 2. The lowest BCUT2D eigenvalue weighted by Gasteiger charge is -2.32. The zero-order valence-electron chi connectivity index (χ0n) is 14.8. The number of piperidine rings is 1. The van der Waals surface area contributed by atoms with Crippen LogP contribution in [0, 0.1) is 5.92 Å². The van der Waals surface area contributed by atoms with Crippen molar-refractivity contribution in [2.24, 2.45) is 5.92 Å². The number of ether oxygens (including phenoxy) is 2. The van der Waals surface area contributed by atoms with Gasteiger partial charge in [-0.05, 0) is 44.0 Å². The summed E-state index contributed by atoms with van der Waals surface area (Å²) in [5.41, 5.74) is 0.831. The second kappa shape index (κ2) is 10.4. The molecule has 0 unspecified atom stereocenters. The first-order chi connectivity index (χ1) is 11.2. The van der Waals surface area contributed by atoms with Crippen LogP contribution in [0.4, 0.5) is 0 Å². The minimum atomic E-state index is 0. The van der Waals surface area contributed by atoms with E-state index >= 15 is 0 Å². The summed E-state index contributed by atoms with van der Waals surface area (Å²) < 4.78 is 10.8. The van der Waals surface area contributed by atoms with Gasteiger partial charge in [0.15, 0.2) is 0 Å². The summed E-state index contributed by atoms with van der Waals surface area (Å²) >= 11 is 0. The Morgan fingerprint density at radius 3 is 2.29 bits per heavy atom. The number of hydrogen-bond donors (Lipinski definition) is 1. The predicted molar refractivity (Wildman–Crippen MR) is 98.3 cm³/mol. The fourth-order valence-electron chi connectivity index (χ4n) is 3.10. The number of carbonyl (C=O) groups is 1. The predicted octanol–water partition coefficient (Wildman–Crippen LogP) is 2.52. The zero-order valence-corrected chi connectivity index (χ0v) is 15.7. The van der Waals surface area contributed by atoms with Gasteiger partial charge in [-0.15, -0.1) is 12.4 Å². The van der Waals surface area contributed by atoms with E-state index in [1.807, 2.05) is 23.1 Å². The molecule has 0 atom stereocenters. The number of nitrogens with zero attached hydrogens (tertiary/aromatic N) is 1. The van der Waals surface area contributed by atoms with Crippen molar-refractivity contribution < 1.29 is 14.3 Å². The standard InChI is InChI=1S/C18H28N2O3.ClH/c1-4-19-13-14-8-10-20(11-9-14)18(21)12-15-16(22-2)6-5-7-17(15)23-3;/h5-7,14,19H,4,8-13H2,1-3H3;1H. The molecule has 1 N–H and O–H groups in total. The number of rotatable bonds is 7.